The van der Waals surface area contributed by atoms with Gasteiger partial charge in [-0.1, -0.05) is 11.6 Å². The fraction of sp³-hybridized carbons (Fsp3) is 0.294. The van der Waals surface area contributed by atoms with Crippen LogP contribution < -0.4 is 19.7 Å². The highest BCUT2D eigenvalue weighted by atomic mass is 35.5. The minimum absolute atomic E-state index is 0.222. The number of amides is 1. The van der Waals surface area contributed by atoms with E-state index >= 15 is 0 Å². The molecule has 2 rings (SSSR count). The van der Waals surface area contributed by atoms with Crippen LogP contribution in [0.25, 0.3) is 0 Å². The van der Waals surface area contributed by atoms with Crippen molar-refractivity contribution in [2.45, 2.75) is 0 Å². The van der Waals surface area contributed by atoms with E-state index in [0.29, 0.717) is 30.3 Å². The van der Waals surface area contributed by atoms with E-state index in [1.807, 2.05) is 38.4 Å². The molecule has 0 aliphatic carbocycles. The zero-order chi connectivity index (χ0) is 17.5. The van der Waals surface area contributed by atoms with E-state index in [1.165, 1.54) is 6.07 Å². The van der Waals surface area contributed by atoms with Crippen molar-refractivity contribution in [2.75, 3.05) is 39.3 Å². The van der Waals surface area contributed by atoms with Crippen molar-refractivity contribution in [3.8, 4) is 11.5 Å². The Kier molecular flexibility index (Phi) is 6.26. The van der Waals surface area contributed by atoms with Crippen LogP contribution in [0.3, 0.4) is 0 Å². The summed E-state index contributed by atoms with van der Waals surface area (Å²) in [6.45, 7) is 0.736. The smallest absolute Gasteiger partial charge is 0.251 e. The van der Waals surface area contributed by atoms with Crippen LogP contribution in [0.4, 0.5) is 5.82 Å². The van der Waals surface area contributed by atoms with E-state index in [2.05, 4.69) is 10.3 Å². The molecule has 7 heteroatoms. The number of nitrogens with zero attached hydrogens (tertiary/aromatic N) is 2. The normalized spacial score (nSPS) is 10.2. The maximum atomic E-state index is 12.2. The highest BCUT2D eigenvalue weighted by Crippen LogP contribution is 2.17. The molecule has 128 valence electrons. The summed E-state index contributed by atoms with van der Waals surface area (Å²) in [5.74, 6) is 1.89. The number of methoxy groups -OCH3 is 1. The van der Waals surface area contributed by atoms with E-state index in [1.54, 1.807) is 18.1 Å². The summed E-state index contributed by atoms with van der Waals surface area (Å²) < 4.78 is 10.6. The van der Waals surface area contributed by atoms with Crippen LogP contribution in [0, 0.1) is 0 Å². The lowest BCUT2D eigenvalue weighted by atomic mass is 10.2. The lowest BCUT2D eigenvalue weighted by Gasteiger charge is -2.13. The number of carbonyl (C=O) groups excluding carboxylic acids is 1. The predicted octanol–water partition coefficient (Wildman–Crippen LogP) is 2.62. The zero-order valence-corrected chi connectivity index (χ0v) is 14.6. The lowest BCUT2D eigenvalue weighted by Crippen LogP contribution is -2.28. The van der Waals surface area contributed by atoms with E-state index in [4.69, 9.17) is 21.1 Å². The van der Waals surface area contributed by atoms with Gasteiger partial charge in [0.2, 0.25) is 0 Å². The molecule has 0 saturated carbocycles. The zero-order valence-electron chi connectivity index (χ0n) is 13.9. The summed E-state index contributed by atoms with van der Waals surface area (Å²) in [4.78, 5) is 18.1. The number of rotatable bonds is 7. The highest BCUT2D eigenvalue weighted by Gasteiger charge is 2.10. The number of carbonyl (C=O) groups is 1. The minimum Gasteiger partial charge on any atom is -0.497 e. The first-order valence-electron chi connectivity index (χ1n) is 7.39. The first kappa shape index (κ1) is 17.9. The summed E-state index contributed by atoms with van der Waals surface area (Å²) in [6.07, 6.45) is 0. The third-order valence-electron chi connectivity index (χ3n) is 3.22. The van der Waals surface area contributed by atoms with Gasteiger partial charge in [0.25, 0.3) is 5.91 Å². The molecule has 24 heavy (non-hydrogen) atoms. The fourth-order valence-electron chi connectivity index (χ4n) is 1.95. The molecule has 2 aromatic rings. The Morgan fingerprint density at radius 1 is 1.21 bits per heavy atom. The van der Waals surface area contributed by atoms with Crippen LogP contribution >= 0.6 is 11.6 Å². The number of hydrogen-bond acceptors (Lipinski definition) is 5. The van der Waals surface area contributed by atoms with Gasteiger partial charge in [-0.05, 0) is 36.4 Å². The van der Waals surface area contributed by atoms with Crippen molar-refractivity contribution < 1.29 is 14.3 Å². The molecule has 0 unspecified atom stereocenters. The maximum absolute atomic E-state index is 12.2. The van der Waals surface area contributed by atoms with Crippen molar-refractivity contribution in [2.24, 2.45) is 0 Å². The van der Waals surface area contributed by atoms with Gasteiger partial charge in [0, 0.05) is 19.7 Å². The SMILES string of the molecule is COc1ccc(OCCNC(=O)c2cc(Cl)nc(N(C)C)c2)cc1. The molecular formula is C17H20ClN3O3. The quantitative estimate of drug-likeness (QED) is 0.615. The van der Waals surface area contributed by atoms with Crippen LogP contribution in [-0.4, -0.2) is 45.2 Å². The third kappa shape index (κ3) is 5.03. The molecule has 1 amide bonds. The molecule has 0 radical (unpaired) electrons. The number of benzene rings is 1. The Morgan fingerprint density at radius 2 is 1.88 bits per heavy atom. The molecule has 1 aromatic heterocycles. The molecule has 0 aliphatic heterocycles. The molecule has 0 bridgehead atoms. The van der Waals surface area contributed by atoms with Gasteiger partial charge in [-0.15, -0.1) is 0 Å². The molecule has 0 fully saturated rings. The molecule has 0 saturated heterocycles. The van der Waals surface area contributed by atoms with Gasteiger partial charge in [-0.3, -0.25) is 4.79 Å². The largest absolute Gasteiger partial charge is 0.497 e. The van der Waals surface area contributed by atoms with Crippen LogP contribution in [0.2, 0.25) is 5.15 Å². The molecule has 1 heterocycles. The number of aromatic nitrogens is 1. The van der Waals surface area contributed by atoms with Gasteiger partial charge in [-0.25, -0.2) is 4.98 Å². The first-order chi connectivity index (χ1) is 11.5. The van der Waals surface area contributed by atoms with Crippen molar-refractivity contribution in [3.05, 3.63) is 47.1 Å². The van der Waals surface area contributed by atoms with Gasteiger partial charge in [0.15, 0.2) is 0 Å². The Balaban J connectivity index is 1.84. The number of ether oxygens (including phenoxy) is 2. The van der Waals surface area contributed by atoms with Crippen molar-refractivity contribution in [1.29, 1.82) is 0 Å². The maximum Gasteiger partial charge on any atom is 0.251 e. The average Bonchev–Trinajstić information content (AvgIpc) is 2.58. The second-order valence-electron chi connectivity index (χ2n) is 5.21. The molecule has 0 aliphatic rings. The van der Waals surface area contributed by atoms with E-state index < -0.39 is 0 Å². The van der Waals surface area contributed by atoms with Gasteiger partial charge < -0.3 is 19.7 Å². The van der Waals surface area contributed by atoms with E-state index in [-0.39, 0.29) is 11.1 Å². The topological polar surface area (TPSA) is 63.7 Å². The van der Waals surface area contributed by atoms with Gasteiger partial charge >= 0.3 is 0 Å². The van der Waals surface area contributed by atoms with Crippen molar-refractivity contribution in [3.63, 3.8) is 0 Å². The summed E-state index contributed by atoms with van der Waals surface area (Å²) in [6, 6.07) is 10.5. The molecule has 1 aromatic carbocycles. The number of pyridine rings is 1. The molecule has 1 N–H and O–H groups in total. The molecular weight excluding hydrogens is 330 g/mol. The highest BCUT2D eigenvalue weighted by molar-refractivity contribution is 6.29. The fourth-order valence-corrected chi connectivity index (χ4v) is 2.15. The van der Waals surface area contributed by atoms with Crippen LogP contribution in [0.5, 0.6) is 11.5 Å². The minimum atomic E-state index is -0.222. The summed E-state index contributed by atoms with van der Waals surface area (Å²) in [5.41, 5.74) is 0.461. The van der Waals surface area contributed by atoms with Gasteiger partial charge in [0.1, 0.15) is 29.1 Å². The Bertz CT molecular complexity index is 690. The Labute approximate surface area is 146 Å². The number of halogens is 1. The Morgan fingerprint density at radius 3 is 2.50 bits per heavy atom. The van der Waals surface area contributed by atoms with Crippen LogP contribution in [0.15, 0.2) is 36.4 Å². The second-order valence-corrected chi connectivity index (χ2v) is 5.60. The van der Waals surface area contributed by atoms with Crippen molar-refractivity contribution >= 4 is 23.3 Å². The summed E-state index contributed by atoms with van der Waals surface area (Å²) in [5, 5.41) is 3.07. The monoisotopic (exact) mass is 349 g/mol. The second kappa shape index (κ2) is 8.40. The number of nitrogens with one attached hydrogen (secondary N) is 1. The third-order valence-corrected chi connectivity index (χ3v) is 3.41. The predicted molar refractivity (Wildman–Crippen MR) is 94.4 cm³/mol. The number of anilines is 1. The van der Waals surface area contributed by atoms with Gasteiger partial charge in [0.05, 0.1) is 13.7 Å². The lowest BCUT2D eigenvalue weighted by molar-refractivity contribution is 0.0947. The summed E-state index contributed by atoms with van der Waals surface area (Å²) >= 11 is 5.95. The van der Waals surface area contributed by atoms with Crippen molar-refractivity contribution in [1.82, 2.24) is 10.3 Å². The van der Waals surface area contributed by atoms with Crippen LogP contribution in [-0.2, 0) is 0 Å². The molecule has 0 spiro atoms. The van der Waals surface area contributed by atoms with E-state index in [9.17, 15) is 4.79 Å². The molecule has 6 nitrogen and oxygen atoms in total. The first-order valence-corrected chi connectivity index (χ1v) is 7.77. The Hall–Kier alpha value is -2.47. The van der Waals surface area contributed by atoms with Gasteiger partial charge in [-0.2, -0.15) is 0 Å². The standard InChI is InChI=1S/C17H20ClN3O3/c1-21(2)16-11-12(10-15(18)20-16)17(22)19-8-9-24-14-6-4-13(23-3)5-7-14/h4-7,10-11H,8-9H2,1-3H3,(H,19,22). The van der Waals surface area contributed by atoms with Crippen LogP contribution in [0.1, 0.15) is 10.4 Å². The number of hydrogen-bond donors (Lipinski definition) is 1. The summed E-state index contributed by atoms with van der Waals surface area (Å²) in [7, 11) is 5.28. The molecule has 0 atom stereocenters. The van der Waals surface area contributed by atoms with E-state index in [0.717, 1.165) is 5.75 Å². The average molecular weight is 350 g/mol.